The molecule has 0 radical (unpaired) electrons. The third-order valence-corrected chi connectivity index (χ3v) is 3.47. The number of nitrogens with one attached hydrogen (secondary N) is 1. The van der Waals surface area contributed by atoms with Crippen LogP contribution in [0.3, 0.4) is 0 Å². The molecule has 0 spiro atoms. The van der Waals surface area contributed by atoms with Crippen molar-refractivity contribution < 1.29 is 0 Å². The lowest BCUT2D eigenvalue weighted by Crippen LogP contribution is -2.30. The first-order valence-electron chi connectivity index (χ1n) is 7.22. The lowest BCUT2D eigenvalue weighted by atomic mass is 10.2. The Kier molecular flexibility index (Phi) is 5.11. The normalized spacial score (nSPS) is 15.2. The second-order valence-electron chi connectivity index (χ2n) is 5.59. The Balaban J connectivity index is 1.93. The predicted molar refractivity (Wildman–Crippen MR) is 79.8 cm³/mol. The van der Waals surface area contributed by atoms with Gasteiger partial charge in [0, 0.05) is 31.7 Å². The summed E-state index contributed by atoms with van der Waals surface area (Å²) < 4.78 is 0. The summed E-state index contributed by atoms with van der Waals surface area (Å²) in [7, 11) is 0. The third-order valence-electron chi connectivity index (χ3n) is 3.47. The second kappa shape index (κ2) is 6.83. The van der Waals surface area contributed by atoms with Gasteiger partial charge in [0.15, 0.2) is 0 Å². The van der Waals surface area contributed by atoms with Crippen LogP contribution in [-0.2, 0) is 13.1 Å². The van der Waals surface area contributed by atoms with Gasteiger partial charge in [-0.2, -0.15) is 0 Å². The molecule has 1 heterocycles. The highest BCUT2D eigenvalue weighted by Gasteiger charge is 2.20. The lowest BCUT2D eigenvalue weighted by molar-refractivity contribution is 0.234. The zero-order valence-corrected chi connectivity index (χ0v) is 12.1. The number of hydrogen-bond acceptors (Lipinski definition) is 3. The first-order chi connectivity index (χ1) is 9.19. The minimum absolute atomic E-state index is 0.507. The van der Waals surface area contributed by atoms with Crippen LogP contribution in [0.1, 0.15) is 38.1 Å². The fraction of sp³-hybridized carbons (Fsp3) is 0.562. The van der Waals surface area contributed by atoms with Crippen molar-refractivity contribution in [2.75, 3.05) is 6.54 Å². The third kappa shape index (κ3) is 4.77. The van der Waals surface area contributed by atoms with Crippen LogP contribution in [-0.4, -0.2) is 28.5 Å². The van der Waals surface area contributed by atoms with E-state index in [-0.39, 0.29) is 0 Å². The van der Waals surface area contributed by atoms with Gasteiger partial charge in [-0.05, 0) is 38.8 Å². The second-order valence-corrected chi connectivity index (χ2v) is 5.59. The standard InChI is InChI=1S/C16H25N3/c1-4-10-19(13(2)3)12-16-7-5-6-15(18-16)11-17-14-8-9-14/h4-7,13-14,17H,1,8-12H2,2-3H3. The molecule has 0 bridgehead atoms. The van der Waals surface area contributed by atoms with Gasteiger partial charge in [-0.3, -0.25) is 9.88 Å². The molecular formula is C16H25N3. The summed E-state index contributed by atoms with van der Waals surface area (Å²) in [6, 6.07) is 7.57. The average Bonchev–Trinajstić information content (AvgIpc) is 3.20. The van der Waals surface area contributed by atoms with Crippen LogP contribution in [0.5, 0.6) is 0 Å². The van der Waals surface area contributed by atoms with E-state index in [1.54, 1.807) is 0 Å². The Labute approximate surface area is 116 Å². The highest BCUT2D eigenvalue weighted by molar-refractivity contribution is 5.11. The zero-order chi connectivity index (χ0) is 13.7. The summed E-state index contributed by atoms with van der Waals surface area (Å²) in [5.41, 5.74) is 2.29. The molecule has 3 heteroatoms. The predicted octanol–water partition coefficient (Wildman–Crippen LogP) is 2.73. The monoisotopic (exact) mass is 259 g/mol. The van der Waals surface area contributed by atoms with Crippen molar-refractivity contribution in [3.05, 3.63) is 42.2 Å². The fourth-order valence-corrected chi connectivity index (χ4v) is 2.08. The molecule has 1 N–H and O–H groups in total. The van der Waals surface area contributed by atoms with Crippen LogP contribution in [0.15, 0.2) is 30.9 Å². The number of hydrogen-bond donors (Lipinski definition) is 1. The minimum Gasteiger partial charge on any atom is -0.308 e. The van der Waals surface area contributed by atoms with E-state index in [0.717, 1.165) is 37.1 Å². The quantitative estimate of drug-likeness (QED) is 0.728. The Morgan fingerprint density at radius 3 is 2.79 bits per heavy atom. The van der Waals surface area contributed by atoms with Gasteiger partial charge < -0.3 is 5.32 Å². The van der Waals surface area contributed by atoms with E-state index in [1.165, 1.54) is 12.8 Å². The van der Waals surface area contributed by atoms with Crippen LogP contribution < -0.4 is 5.32 Å². The maximum absolute atomic E-state index is 4.74. The Morgan fingerprint density at radius 1 is 1.42 bits per heavy atom. The first-order valence-corrected chi connectivity index (χ1v) is 7.22. The molecule has 1 aromatic heterocycles. The van der Waals surface area contributed by atoms with Gasteiger partial charge in [0.1, 0.15) is 0 Å². The van der Waals surface area contributed by atoms with Gasteiger partial charge in [-0.15, -0.1) is 6.58 Å². The highest BCUT2D eigenvalue weighted by Crippen LogP contribution is 2.19. The maximum atomic E-state index is 4.74. The van der Waals surface area contributed by atoms with Crippen molar-refractivity contribution in [2.45, 2.75) is 51.9 Å². The lowest BCUT2D eigenvalue weighted by Gasteiger charge is -2.24. The molecule has 104 valence electrons. The smallest absolute Gasteiger partial charge is 0.0548 e. The molecule has 0 aliphatic heterocycles. The Morgan fingerprint density at radius 2 is 2.16 bits per heavy atom. The van der Waals surface area contributed by atoms with Crippen LogP contribution >= 0.6 is 0 Å². The van der Waals surface area contributed by atoms with Gasteiger partial charge in [-0.25, -0.2) is 0 Å². The zero-order valence-electron chi connectivity index (χ0n) is 12.1. The molecule has 0 unspecified atom stereocenters. The number of rotatable bonds is 8. The Hall–Kier alpha value is -1.19. The SMILES string of the molecule is C=CCN(Cc1cccc(CNC2CC2)n1)C(C)C. The van der Waals surface area contributed by atoms with Crippen LogP contribution in [0, 0.1) is 0 Å². The molecule has 1 aliphatic carbocycles. The largest absolute Gasteiger partial charge is 0.308 e. The molecule has 0 aromatic carbocycles. The molecule has 19 heavy (non-hydrogen) atoms. The molecule has 0 atom stereocenters. The molecule has 1 aromatic rings. The van der Waals surface area contributed by atoms with Gasteiger partial charge in [0.25, 0.3) is 0 Å². The molecule has 0 saturated heterocycles. The summed E-state index contributed by atoms with van der Waals surface area (Å²) in [5.74, 6) is 0. The summed E-state index contributed by atoms with van der Waals surface area (Å²) in [5, 5.41) is 3.51. The van der Waals surface area contributed by atoms with Crippen molar-refractivity contribution in [3.8, 4) is 0 Å². The molecule has 0 amide bonds. The van der Waals surface area contributed by atoms with E-state index in [4.69, 9.17) is 4.98 Å². The van der Waals surface area contributed by atoms with Crippen molar-refractivity contribution in [3.63, 3.8) is 0 Å². The fourth-order valence-electron chi connectivity index (χ4n) is 2.08. The van der Waals surface area contributed by atoms with Gasteiger partial charge in [-0.1, -0.05) is 12.1 Å². The summed E-state index contributed by atoms with van der Waals surface area (Å²) in [6.07, 6.45) is 4.60. The van der Waals surface area contributed by atoms with E-state index in [0.29, 0.717) is 6.04 Å². The molecule has 1 fully saturated rings. The van der Waals surface area contributed by atoms with E-state index >= 15 is 0 Å². The maximum Gasteiger partial charge on any atom is 0.0548 e. The van der Waals surface area contributed by atoms with Crippen molar-refractivity contribution >= 4 is 0 Å². The van der Waals surface area contributed by atoms with Crippen LogP contribution in [0.4, 0.5) is 0 Å². The summed E-state index contributed by atoms with van der Waals surface area (Å²) in [6.45, 7) is 10.9. The van der Waals surface area contributed by atoms with Crippen molar-refractivity contribution in [1.29, 1.82) is 0 Å². The summed E-state index contributed by atoms with van der Waals surface area (Å²) >= 11 is 0. The summed E-state index contributed by atoms with van der Waals surface area (Å²) in [4.78, 5) is 7.11. The van der Waals surface area contributed by atoms with Crippen molar-refractivity contribution in [2.24, 2.45) is 0 Å². The molecular weight excluding hydrogens is 234 g/mol. The molecule has 3 nitrogen and oxygen atoms in total. The van der Waals surface area contributed by atoms with Gasteiger partial charge in [0.05, 0.1) is 11.4 Å². The molecule has 2 rings (SSSR count). The van der Waals surface area contributed by atoms with E-state index in [1.807, 2.05) is 6.08 Å². The molecule has 1 aliphatic rings. The van der Waals surface area contributed by atoms with Gasteiger partial charge in [0.2, 0.25) is 0 Å². The number of aromatic nitrogens is 1. The van der Waals surface area contributed by atoms with Crippen molar-refractivity contribution in [1.82, 2.24) is 15.2 Å². The first kappa shape index (κ1) is 14.2. The highest BCUT2D eigenvalue weighted by atomic mass is 15.1. The topological polar surface area (TPSA) is 28.2 Å². The van der Waals surface area contributed by atoms with Gasteiger partial charge >= 0.3 is 0 Å². The Bertz CT molecular complexity index is 410. The van der Waals surface area contributed by atoms with E-state index < -0.39 is 0 Å². The van der Waals surface area contributed by atoms with E-state index in [9.17, 15) is 0 Å². The molecule has 1 saturated carbocycles. The average molecular weight is 259 g/mol. The number of nitrogens with zero attached hydrogens (tertiary/aromatic N) is 2. The number of pyridine rings is 1. The van der Waals surface area contributed by atoms with Crippen LogP contribution in [0.25, 0.3) is 0 Å². The van der Waals surface area contributed by atoms with E-state index in [2.05, 4.69) is 48.8 Å². The minimum atomic E-state index is 0.507. The van der Waals surface area contributed by atoms with Crippen LogP contribution in [0.2, 0.25) is 0 Å².